The maximum atomic E-state index is 14.5. The highest BCUT2D eigenvalue weighted by molar-refractivity contribution is 6.40. The number of hydrogen-bond donors (Lipinski definition) is 3. The number of carbonyl (C=O) groups is 2. The normalized spacial score (nSPS) is 16.6. The second kappa shape index (κ2) is 10.5. The summed E-state index contributed by atoms with van der Waals surface area (Å²) in [4.78, 5) is 39.7. The molecule has 0 atom stereocenters. The molecule has 2 aromatic heterocycles. The molecule has 0 radical (unpaired) electrons. The minimum atomic E-state index is -5.08. The van der Waals surface area contributed by atoms with Gasteiger partial charge in [-0.25, -0.2) is 28.5 Å². The minimum absolute atomic E-state index is 0.0136. The number of carboxylic acids is 1. The van der Waals surface area contributed by atoms with Gasteiger partial charge in [-0.15, -0.1) is 0 Å². The number of amides is 1. The lowest BCUT2D eigenvalue weighted by Crippen LogP contribution is -2.62. The molecule has 0 aliphatic carbocycles. The lowest BCUT2D eigenvalue weighted by molar-refractivity contribution is -0.192. The quantitative estimate of drug-likeness (QED) is 0.407. The van der Waals surface area contributed by atoms with Crippen LogP contribution in [0.4, 0.5) is 17.6 Å². The Balaban J connectivity index is 0.000000426. The van der Waals surface area contributed by atoms with E-state index < -0.39 is 23.7 Å². The number of nitrogens with one attached hydrogen (secondary N) is 2. The lowest BCUT2D eigenvalue weighted by atomic mass is 9.79. The molecule has 3 aromatic rings. The van der Waals surface area contributed by atoms with E-state index in [0.29, 0.717) is 24.3 Å². The summed E-state index contributed by atoms with van der Waals surface area (Å²) in [5, 5.41) is 17.0. The predicted molar refractivity (Wildman–Crippen MR) is 127 cm³/mol. The van der Waals surface area contributed by atoms with E-state index in [1.807, 2.05) is 0 Å². The van der Waals surface area contributed by atoms with E-state index in [9.17, 15) is 27.2 Å². The van der Waals surface area contributed by atoms with Crippen molar-refractivity contribution in [2.45, 2.75) is 37.4 Å². The van der Waals surface area contributed by atoms with Crippen LogP contribution >= 0.6 is 23.2 Å². The largest absolute Gasteiger partial charge is 0.490 e. The molecule has 1 amide bonds. The van der Waals surface area contributed by atoms with Gasteiger partial charge in [0.05, 0.1) is 5.56 Å². The molecule has 204 valence electrons. The van der Waals surface area contributed by atoms with Crippen LogP contribution in [0.3, 0.4) is 0 Å². The van der Waals surface area contributed by atoms with Gasteiger partial charge in [0.2, 0.25) is 0 Å². The molecule has 2 aliphatic rings. The highest BCUT2D eigenvalue weighted by Gasteiger charge is 2.40. The monoisotopic (exact) mass is 578 g/mol. The van der Waals surface area contributed by atoms with Crippen LogP contribution in [-0.2, 0) is 11.2 Å². The van der Waals surface area contributed by atoms with E-state index >= 15 is 0 Å². The van der Waals surface area contributed by atoms with Crippen molar-refractivity contribution >= 4 is 40.7 Å². The van der Waals surface area contributed by atoms with Gasteiger partial charge >= 0.3 is 17.8 Å². The molecule has 1 spiro atoms. The van der Waals surface area contributed by atoms with Crippen LogP contribution in [0.1, 0.15) is 40.9 Å². The van der Waals surface area contributed by atoms with Gasteiger partial charge in [-0.1, -0.05) is 29.3 Å². The smallest absolute Gasteiger partial charge is 0.475 e. The third kappa shape index (κ3) is 5.61. The maximum absolute atomic E-state index is 14.5. The van der Waals surface area contributed by atoms with Crippen molar-refractivity contribution in [1.82, 2.24) is 29.8 Å². The molecular formula is C22H20Cl2F4N6O4. The first kappa shape index (κ1) is 27.8. The van der Waals surface area contributed by atoms with E-state index in [0.717, 1.165) is 30.2 Å². The predicted octanol–water partition coefficient (Wildman–Crippen LogP) is 3.06. The van der Waals surface area contributed by atoms with Crippen molar-refractivity contribution in [3.8, 4) is 0 Å². The number of likely N-dealkylation sites (tertiary alicyclic amines) is 1. The van der Waals surface area contributed by atoms with Gasteiger partial charge in [0.25, 0.3) is 5.91 Å². The van der Waals surface area contributed by atoms with Gasteiger partial charge in [-0.2, -0.15) is 18.3 Å². The van der Waals surface area contributed by atoms with Gasteiger partial charge in [-0.3, -0.25) is 4.79 Å². The molecule has 10 nitrogen and oxygen atoms in total. The number of aromatic amines is 1. The fraction of sp³-hybridized carbons (Fsp3) is 0.409. The minimum Gasteiger partial charge on any atom is -0.475 e. The van der Waals surface area contributed by atoms with Crippen LogP contribution in [0, 0.1) is 5.82 Å². The van der Waals surface area contributed by atoms with Crippen molar-refractivity contribution in [2.24, 2.45) is 0 Å². The van der Waals surface area contributed by atoms with Crippen molar-refractivity contribution in [3.05, 3.63) is 61.6 Å². The van der Waals surface area contributed by atoms with Gasteiger partial charge < -0.3 is 15.3 Å². The van der Waals surface area contributed by atoms with Crippen molar-refractivity contribution in [2.75, 3.05) is 19.6 Å². The number of piperidine rings is 1. The van der Waals surface area contributed by atoms with Crippen LogP contribution < -0.4 is 11.0 Å². The second-order valence-electron chi connectivity index (χ2n) is 8.87. The molecule has 16 heteroatoms. The van der Waals surface area contributed by atoms with Gasteiger partial charge in [0.15, 0.2) is 16.0 Å². The van der Waals surface area contributed by atoms with E-state index in [1.165, 1.54) is 12.1 Å². The number of aliphatic carboxylic acids is 1. The van der Waals surface area contributed by atoms with Crippen molar-refractivity contribution in [3.63, 3.8) is 0 Å². The average Bonchev–Trinajstić information content (AvgIpc) is 3.15. The summed E-state index contributed by atoms with van der Waals surface area (Å²) in [6.07, 6.45) is -2.00. The first-order chi connectivity index (χ1) is 17.8. The molecule has 2 aliphatic heterocycles. The Hall–Kier alpha value is -3.23. The Bertz CT molecular complexity index is 1440. The number of carboxylic acid groups (broad SMARTS) is 1. The molecular weight excluding hydrogens is 559 g/mol. The SMILES string of the molecule is O=C(O)C(F)(F)F.O=C(c1cc(Cc2n[nH]c(=O)n3c(Cl)c(Cl)nc23)ccc1F)N1CCC2(CCN2)CC1. The number of aromatic nitrogens is 4. The van der Waals surface area contributed by atoms with Crippen LogP contribution in [-0.4, -0.2) is 72.8 Å². The topological polar surface area (TPSA) is 133 Å². The average molecular weight is 579 g/mol. The summed E-state index contributed by atoms with van der Waals surface area (Å²) >= 11 is 12.0. The molecule has 0 saturated carbocycles. The number of nitrogens with zero attached hydrogens (tertiary/aromatic N) is 4. The maximum Gasteiger partial charge on any atom is 0.490 e. The molecule has 0 unspecified atom stereocenters. The summed E-state index contributed by atoms with van der Waals surface area (Å²) in [5.41, 5.74) is 0.873. The zero-order valence-corrected chi connectivity index (χ0v) is 20.9. The van der Waals surface area contributed by atoms with E-state index in [-0.39, 0.29) is 39.4 Å². The molecule has 0 bridgehead atoms. The standard InChI is InChI=1S/C20H19Cl2FN6O2.C2HF3O2/c21-15-16(22)29-17(25-15)14(26-27-19(29)31)10-11-1-2-13(23)12(9-11)18(30)28-7-4-20(5-8-28)3-6-24-20;3-2(4,5)1(6)7/h1-2,9,24H,3-8,10H2,(H,27,31);(H,6,7). The molecule has 2 fully saturated rings. The van der Waals surface area contributed by atoms with E-state index in [2.05, 4.69) is 20.5 Å². The zero-order valence-electron chi connectivity index (χ0n) is 19.4. The molecule has 38 heavy (non-hydrogen) atoms. The Morgan fingerprint density at radius 1 is 1.16 bits per heavy atom. The Labute approximate surface area is 221 Å². The van der Waals surface area contributed by atoms with Crippen LogP contribution in [0.15, 0.2) is 23.0 Å². The summed E-state index contributed by atoms with van der Waals surface area (Å²) in [6, 6.07) is 4.38. The van der Waals surface area contributed by atoms with Crippen LogP contribution in [0.2, 0.25) is 10.3 Å². The number of benzene rings is 1. The number of H-pyrrole nitrogens is 1. The first-order valence-corrected chi connectivity index (χ1v) is 12.0. The lowest BCUT2D eigenvalue weighted by Gasteiger charge is -2.48. The Morgan fingerprint density at radius 3 is 2.34 bits per heavy atom. The van der Waals surface area contributed by atoms with E-state index in [1.54, 1.807) is 11.0 Å². The third-order valence-electron chi connectivity index (χ3n) is 6.52. The third-order valence-corrected chi connectivity index (χ3v) is 7.22. The van der Waals surface area contributed by atoms with Gasteiger partial charge in [-0.05, 0) is 43.5 Å². The second-order valence-corrected chi connectivity index (χ2v) is 9.59. The number of halogens is 6. The van der Waals surface area contributed by atoms with Gasteiger partial charge in [0, 0.05) is 25.0 Å². The zero-order chi connectivity index (χ0) is 27.8. The fourth-order valence-electron chi connectivity index (χ4n) is 4.34. The summed E-state index contributed by atoms with van der Waals surface area (Å²) in [5.74, 6) is -3.64. The number of imidazole rings is 1. The first-order valence-electron chi connectivity index (χ1n) is 11.3. The van der Waals surface area contributed by atoms with Crippen LogP contribution in [0.25, 0.3) is 5.65 Å². The number of rotatable bonds is 3. The fourth-order valence-corrected chi connectivity index (χ4v) is 4.70. The van der Waals surface area contributed by atoms with Crippen molar-refractivity contribution < 1.29 is 32.3 Å². The summed E-state index contributed by atoms with van der Waals surface area (Å²) in [7, 11) is 0. The molecule has 4 heterocycles. The Kier molecular flexibility index (Phi) is 7.68. The molecule has 3 N–H and O–H groups in total. The van der Waals surface area contributed by atoms with Crippen molar-refractivity contribution in [1.29, 1.82) is 0 Å². The highest BCUT2D eigenvalue weighted by Crippen LogP contribution is 2.32. The number of alkyl halides is 3. The van der Waals surface area contributed by atoms with Gasteiger partial charge in [0.1, 0.15) is 11.5 Å². The number of carbonyl (C=O) groups excluding carboxylic acids is 1. The Morgan fingerprint density at radius 2 is 1.79 bits per heavy atom. The molecule has 1 aromatic carbocycles. The van der Waals surface area contributed by atoms with Crippen LogP contribution in [0.5, 0.6) is 0 Å². The molecule has 2 saturated heterocycles. The van der Waals surface area contributed by atoms with E-state index in [4.69, 9.17) is 33.1 Å². The highest BCUT2D eigenvalue weighted by atomic mass is 35.5. The number of hydrogen-bond acceptors (Lipinski definition) is 6. The molecule has 5 rings (SSSR count). The number of fused-ring (bicyclic) bond motifs is 1. The summed E-state index contributed by atoms with van der Waals surface area (Å²) < 4.78 is 47.4. The summed E-state index contributed by atoms with van der Waals surface area (Å²) in [6.45, 7) is 2.22.